The van der Waals surface area contributed by atoms with E-state index < -0.39 is 0 Å². The molecule has 0 bridgehead atoms. The molecule has 1 aromatic rings. The van der Waals surface area contributed by atoms with Crippen LogP contribution in [0.1, 0.15) is 32.8 Å². The summed E-state index contributed by atoms with van der Waals surface area (Å²) in [6.45, 7) is 10.6. The summed E-state index contributed by atoms with van der Waals surface area (Å²) in [4.78, 5) is 2.38. The number of benzene rings is 1. The molecule has 1 saturated heterocycles. The molecule has 2 nitrogen and oxygen atoms in total. The van der Waals surface area contributed by atoms with Crippen molar-refractivity contribution in [1.82, 2.24) is 5.32 Å². The first kappa shape index (κ1) is 15.8. The van der Waals surface area contributed by atoms with Gasteiger partial charge in [-0.25, -0.2) is 4.39 Å². The average molecular weight is 343 g/mol. The molecule has 2 atom stereocenters. The first-order valence-electron chi connectivity index (χ1n) is 7.39. The predicted octanol–water partition coefficient (Wildman–Crippen LogP) is 4.11. The van der Waals surface area contributed by atoms with Crippen LogP contribution in [0.25, 0.3) is 0 Å². The quantitative estimate of drug-likeness (QED) is 0.889. The van der Waals surface area contributed by atoms with Crippen LogP contribution in [0.5, 0.6) is 0 Å². The Morgan fingerprint density at radius 3 is 2.75 bits per heavy atom. The van der Waals surface area contributed by atoms with E-state index in [1.54, 1.807) is 6.07 Å². The Labute approximate surface area is 129 Å². The zero-order chi connectivity index (χ0) is 14.9. The fraction of sp³-hybridized carbons (Fsp3) is 0.625. The first-order valence-corrected chi connectivity index (χ1v) is 8.19. The van der Waals surface area contributed by atoms with Gasteiger partial charge in [0.05, 0.1) is 4.47 Å². The van der Waals surface area contributed by atoms with Gasteiger partial charge in [0.25, 0.3) is 0 Å². The molecule has 0 spiro atoms. The normalized spacial score (nSPS) is 23.4. The van der Waals surface area contributed by atoms with E-state index in [9.17, 15) is 4.39 Å². The number of halogens is 2. The predicted molar refractivity (Wildman–Crippen MR) is 86.9 cm³/mol. The largest absolute Gasteiger partial charge is 0.365 e. The van der Waals surface area contributed by atoms with Crippen molar-refractivity contribution in [2.45, 2.75) is 46.2 Å². The smallest absolute Gasteiger partial charge is 0.139 e. The van der Waals surface area contributed by atoms with E-state index in [1.807, 2.05) is 6.07 Å². The second-order valence-corrected chi connectivity index (χ2v) is 6.88. The van der Waals surface area contributed by atoms with Crippen molar-refractivity contribution >= 4 is 21.6 Å². The lowest BCUT2D eigenvalue weighted by atomic mass is 9.97. The molecule has 1 aliphatic rings. The minimum absolute atomic E-state index is 0.180. The molecule has 1 N–H and O–H groups in total. The van der Waals surface area contributed by atoms with Gasteiger partial charge in [-0.2, -0.15) is 0 Å². The molecule has 1 aliphatic heterocycles. The number of piperazine rings is 1. The third kappa shape index (κ3) is 3.17. The van der Waals surface area contributed by atoms with Crippen LogP contribution in [-0.4, -0.2) is 25.2 Å². The highest BCUT2D eigenvalue weighted by Crippen LogP contribution is 2.30. The third-order valence-electron chi connectivity index (χ3n) is 4.27. The SMILES string of the molecule is CCC1CNC(C(C)C)CN1c1cc(F)c(Br)cc1C. The summed E-state index contributed by atoms with van der Waals surface area (Å²) in [6.07, 6.45) is 1.06. The summed E-state index contributed by atoms with van der Waals surface area (Å²) in [5.41, 5.74) is 2.16. The van der Waals surface area contributed by atoms with Crippen molar-refractivity contribution in [3.05, 3.63) is 28.0 Å². The molecule has 0 saturated carbocycles. The lowest BCUT2D eigenvalue weighted by Crippen LogP contribution is -2.58. The molecule has 2 unspecified atom stereocenters. The molecule has 2 rings (SSSR count). The zero-order valence-corrected chi connectivity index (χ0v) is 14.3. The Hall–Kier alpha value is -0.610. The van der Waals surface area contributed by atoms with Crippen molar-refractivity contribution in [3.63, 3.8) is 0 Å². The number of hydrogen-bond donors (Lipinski definition) is 1. The van der Waals surface area contributed by atoms with Gasteiger partial charge in [0.1, 0.15) is 5.82 Å². The maximum absolute atomic E-state index is 13.9. The van der Waals surface area contributed by atoms with Gasteiger partial charge < -0.3 is 10.2 Å². The van der Waals surface area contributed by atoms with E-state index in [4.69, 9.17) is 0 Å². The minimum atomic E-state index is -0.180. The van der Waals surface area contributed by atoms with Crippen LogP contribution in [0.15, 0.2) is 16.6 Å². The first-order chi connectivity index (χ1) is 9.43. The summed E-state index contributed by atoms with van der Waals surface area (Å²) < 4.78 is 14.5. The molecular formula is C16H24BrFN2. The standard InChI is InChI=1S/C16H24BrFN2/c1-5-12-8-19-15(10(2)3)9-20(12)16-7-14(18)13(17)6-11(16)4/h6-7,10,12,15,19H,5,8-9H2,1-4H3. The van der Waals surface area contributed by atoms with E-state index >= 15 is 0 Å². The van der Waals surface area contributed by atoms with Crippen molar-refractivity contribution in [2.75, 3.05) is 18.0 Å². The van der Waals surface area contributed by atoms with Crippen molar-refractivity contribution in [2.24, 2.45) is 5.92 Å². The van der Waals surface area contributed by atoms with Crippen molar-refractivity contribution in [3.8, 4) is 0 Å². The van der Waals surface area contributed by atoms with E-state index in [0.29, 0.717) is 22.5 Å². The molecule has 0 amide bonds. The Morgan fingerprint density at radius 1 is 1.45 bits per heavy atom. The summed E-state index contributed by atoms with van der Waals surface area (Å²) >= 11 is 3.27. The number of anilines is 1. The molecule has 1 aromatic carbocycles. The van der Waals surface area contributed by atoms with E-state index in [-0.39, 0.29) is 5.82 Å². The Morgan fingerprint density at radius 2 is 2.15 bits per heavy atom. The van der Waals surface area contributed by atoms with Crippen LogP contribution in [0.3, 0.4) is 0 Å². The van der Waals surface area contributed by atoms with Crippen LogP contribution in [0, 0.1) is 18.7 Å². The zero-order valence-electron chi connectivity index (χ0n) is 12.7. The van der Waals surface area contributed by atoms with Gasteiger partial charge >= 0.3 is 0 Å². The van der Waals surface area contributed by atoms with Crippen LogP contribution in [0.2, 0.25) is 0 Å². The van der Waals surface area contributed by atoms with E-state index in [1.165, 1.54) is 0 Å². The molecule has 20 heavy (non-hydrogen) atoms. The van der Waals surface area contributed by atoms with Crippen LogP contribution >= 0.6 is 15.9 Å². The highest BCUT2D eigenvalue weighted by molar-refractivity contribution is 9.10. The number of hydrogen-bond acceptors (Lipinski definition) is 2. The molecular weight excluding hydrogens is 319 g/mol. The average Bonchev–Trinajstić information content (AvgIpc) is 2.42. The Kier molecular flexibility index (Phi) is 5.08. The Bertz CT molecular complexity index is 476. The number of nitrogens with zero attached hydrogens (tertiary/aromatic N) is 1. The molecule has 112 valence electrons. The van der Waals surface area contributed by atoms with Crippen LogP contribution < -0.4 is 10.2 Å². The molecule has 1 fully saturated rings. The maximum atomic E-state index is 13.9. The van der Waals surface area contributed by atoms with Crippen molar-refractivity contribution in [1.29, 1.82) is 0 Å². The molecule has 0 aromatic heterocycles. The van der Waals surface area contributed by atoms with Gasteiger partial charge in [0.15, 0.2) is 0 Å². The van der Waals surface area contributed by atoms with Crippen molar-refractivity contribution < 1.29 is 4.39 Å². The lowest BCUT2D eigenvalue weighted by Gasteiger charge is -2.43. The topological polar surface area (TPSA) is 15.3 Å². The highest BCUT2D eigenvalue weighted by atomic mass is 79.9. The summed E-state index contributed by atoms with van der Waals surface area (Å²) in [5.74, 6) is 0.399. The van der Waals surface area contributed by atoms with Crippen LogP contribution in [0.4, 0.5) is 10.1 Å². The van der Waals surface area contributed by atoms with Gasteiger partial charge in [-0.05, 0) is 52.9 Å². The van der Waals surface area contributed by atoms with Gasteiger partial charge in [-0.1, -0.05) is 20.8 Å². The minimum Gasteiger partial charge on any atom is -0.365 e. The summed E-state index contributed by atoms with van der Waals surface area (Å²) in [6, 6.07) is 4.45. The second kappa shape index (κ2) is 6.44. The fourth-order valence-corrected chi connectivity index (χ4v) is 3.33. The molecule has 4 heteroatoms. The van der Waals surface area contributed by atoms with Crippen LogP contribution in [-0.2, 0) is 0 Å². The lowest BCUT2D eigenvalue weighted by molar-refractivity contribution is 0.324. The molecule has 0 radical (unpaired) electrons. The summed E-state index contributed by atoms with van der Waals surface area (Å²) in [5, 5.41) is 3.62. The maximum Gasteiger partial charge on any atom is 0.139 e. The number of nitrogens with one attached hydrogen (secondary N) is 1. The molecule has 0 aliphatic carbocycles. The van der Waals surface area contributed by atoms with Gasteiger partial charge in [0.2, 0.25) is 0 Å². The van der Waals surface area contributed by atoms with E-state index in [2.05, 4.69) is 53.8 Å². The van der Waals surface area contributed by atoms with E-state index in [0.717, 1.165) is 30.8 Å². The number of aryl methyl sites for hydroxylation is 1. The highest BCUT2D eigenvalue weighted by Gasteiger charge is 2.29. The second-order valence-electron chi connectivity index (χ2n) is 6.03. The summed E-state index contributed by atoms with van der Waals surface area (Å²) in [7, 11) is 0. The monoisotopic (exact) mass is 342 g/mol. The Balaban J connectivity index is 2.33. The third-order valence-corrected chi connectivity index (χ3v) is 4.88. The van der Waals surface area contributed by atoms with Gasteiger partial charge in [-0.3, -0.25) is 0 Å². The molecule has 1 heterocycles. The van der Waals surface area contributed by atoms with Gasteiger partial charge in [-0.15, -0.1) is 0 Å². The number of rotatable bonds is 3. The fourth-order valence-electron chi connectivity index (χ4n) is 2.87. The van der Waals surface area contributed by atoms with Gasteiger partial charge in [0, 0.05) is 30.9 Å².